The molecule has 2 N–H and O–H groups in total. The van der Waals surface area contributed by atoms with Crippen LogP contribution in [0.15, 0.2) is 85.5 Å². The summed E-state index contributed by atoms with van der Waals surface area (Å²) in [4.78, 5) is 20.1. The molecule has 8 nitrogen and oxygen atoms in total. The van der Waals surface area contributed by atoms with E-state index in [9.17, 15) is 0 Å². The van der Waals surface area contributed by atoms with E-state index in [4.69, 9.17) is 15.5 Å². The van der Waals surface area contributed by atoms with Crippen LogP contribution in [0.25, 0.3) is 28.2 Å². The third-order valence-corrected chi connectivity index (χ3v) is 6.54. The minimum Gasteiger partial charge on any atom is -0.490 e. The number of nitrogen functional groups attached to an aromatic ring is 1. The molecule has 180 valence electrons. The lowest BCUT2D eigenvalue weighted by Gasteiger charge is -2.32. The molecule has 5 heterocycles. The average molecular weight is 478 g/mol. The molecular weight excluding hydrogens is 450 g/mol. The van der Waals surface area contributed by atoms with Crippen LogP contribution >= 0.6 is 0 Å². The van der Waals surface area contributed by atoms with Gasteiger partial charge in [0.15, 0.2) is 5.65 Å². The van der Waals surface area contributed by atoms with Crippen molar-refractivity contribution >= 4 is 17.0 Å². The molecule has 6 rings (SSSR count). The Balaban J connectivity index is 1.16. The van der Waals surface area contributed by atoms with Crippen molar-refractivity contribution in [2.24, 2.45) is 0 Å². The number of hydrogen-bond donors (Lipinski definition) is 1. The Morgan fingerprint density at radius 2 is 1.69 bits per heavy atom. The number of hydrogen-bond acceptors (Lipinski definition) is 7. The minimum atomic E-state index is 0.206. The first-order valence-corrected chi connectivity index (χ1v) is 12.2. The van der Waals surface area contributed by atoms with Gasteiger partial charge in [-0.1, -0.05) is 0 Å². The Labute approximate surface area is 209 Å². The first-order chi connectivity index (χ1) is 17.7. The molecule has 4 aromatic heterocycles. The quantitative estimate of drug-likeness (QED) is 0.385. The number of anilines is 1. The lowest BCUT2D eigenvalue weighted by molar-refractivity contribution is 0.0968. The normalized spacial score (nSPS) is 14.8. The summed E-state index contributed by atoms with van der Waals surface area (Å²) < 4.78 is 8.42. The number of pyridine rings is 3. The van der Waals surface area contributed by atoms with Gasteiger partial charge in [-0.2, -0.15) is 0 Å². The monoisotopic (exact) mass is 477 g/mol. The van der Waals surface area contributed by atoms with Crippen LogP contribution in [-0.2, 0) is 6.54 Å². The van der Waals surface area contributed by atoms with Gasteiger partial charge in [0.05, 0.1) is 0 Å². The van der Waals surface area contributed by atoms with Crippen molar-refractivity contribution < 1.29 is 4.74 Å². The molecule has 5 aromatic rings. The third kappa shape index (κ3) is 4.63. The van der Waals surface area contributed by atoms with Gasteiger partial charge in [0.1, 0.15) is 29.0 Å². The van der Waals surface area contributed by atoms with Gasteiger partial charge in [0, 0.05) is 55.7 Å². The van der Waals surface area contributed by atoms with Crippen molar-refractivity contribution in [3.05, 3.63) is 91.0 Å². The SMILES string of the molecule is Nc1cc(CN2CCC(Oc3ccc(-n4c(-c5ccncc5)nc5cccnc54)cc3)CC2)ccn1. The molecule has 1 aliphatic rings. The van der Waals surface area contributed by atoms with E-state index in [-0.39, 0.29) is 6.10 Å². The van der Waals surface area contributed by atoms with E-state index in [0.29, 0.717) is 5.82 Å². The molecule has 1 saturated heterocycles. The van der Waals surface area contributed by atoms with Gasteiger partial charge in [-0.15, -0.1) is 0 Å². The van der Waals surface area contributed by atoms with E-state index < -0.39 is 0 Å². The van der Waals surface area contributed by atoms with Gasteiger partial charge in [-0.05, 0) is 79.1 Å². The molecule has 0 radical (unpaired) electrons. The minimum absolute atomic E-state index is 0.206. The van der Waals surface area contributed by atoms with E-state index >= 15 is 0 Å². The van der Waals surface area contributed by atoms with Crippen molar-refractivity contribution in [2.45, 2.75) is 25.5 Å². The largest absolute Gasteiger partial charge is 0.490 e. The second-order valence-corrected chi connectivity index (χ2v) is 9.03. The number of rotatable bonds is 6. The fraction of sp³-hybridized carbons (Fsp3) is 0.214. The van der Waals surface area contributed by atoms with E-state index in [1.54, 1.807) is 24.8 Å². The topological polar surface area (TPSA) is 95.0 Å². The van der Waals surface area contributed by atoms with Crippen LogP contribution < -0.4 is 10.5 Å². The first-order valence-electron chi connectivity index (χ1n) is 12.2. The van der Waals surface area contributed by atoms with Crippen molar-refractivity contribution in [1.82, 2.24) is 29.4 Å². The van der Waals surface area contributed by atoms with Crippen molar-refractivity contribution in [3.8, 4) is 22.8 Å². The molecule has 0 spiro atoms. The van der Waals surface area contributed by atoms with Gasteiger partial charge >= 0.3 is 0 Å². The van der Waals surface area contributed by atoms with E-state index in [1.807, 2.05) is 48.5 Å². The molecule has 0 unspecified atom stereocenters. The molecule has 0 amide bonds. The summed E-state index contributed by atoms with van der Waals surface area (Å²) in [5.41, 5.74) is 10.7. The summed E-state index contributed by atoms with van der Waals surface area (Å²) in [6.45, 7) is 2.88. The van der Waals surface area contributed by atoms with Crippen molar-refractivity contribution in [3.63, 3.8) is 0 Å². The lowest BCUT2D eigenvalue weighted by Crippen LogP contribution is -2.37. The molecule has 1 aliphatic heterocycles. The maximum Gasteiger partial charge on any atom is 0.164 e. The number of likely N-dealkylation sites (tertiary alicyclic amines) is 1. The fourth-order valence-corrected chi connectivity index (χ4v) is 4.75. The van der Waals surface area contributed by atoms with E-state index in [2.05, 4.69) is 36.6 Å². The maximum atomic E-state index is 6.34. The molecule has 8 heteroatoms. The Hall–Kier alpha value is -4.30. The number of nitrogens with two attached hydrogens (primary N) is 1. The van der Waals surface area contributed by atoms with Gasteiger partial charge < -0.3 is 10.5 Å². The second kappa shape index (κ2) is 9.75. The summed E-state index contributed by atoms with van der Waals surface area (Å²) in [6, 6.07) is 20.0. The lowest BCUT2D eigenvalue weighted by atomic mass is 10.1. The zero-order valence-corrected chi connectivity index (χ0v) is 19.9. The van der Waals surface area contributed by atoms with E-state index in [1.165, 1.54) is 5.56 Å². The summed E-state index contributed by atoms with van der Waals surface area (Å²) in [6.07, 6.45) is 9.31. The van der Waals surface area contributed by atoms with Crippen LogP contribution in [-0.4, -0.2) is 48.6 Å². The molecule has 1 fully saturated rings. The highest BCUT2D eigenvalue weighted by molar-refractivity contribution is 5.79. The number of benzene rings is 1. The van der Waals surface area contributed by atoms with Crippen molar-refractivity contribution in [2.75, 3.05) is 18.8 Å². The molecule has 0 aliphatic carbocycles. The van der Waals surface area contributed by atoms with E-state index in [0.717, 1.165) is 66.5 Å². The first kappa shape index (κ1) is 22.2. The Kier molecular flexibility index (Phi) is 6.01. The van der Waals surface area contributed by atoms with Crippen LogP contribution in [0.4, 0.5) is 5.82 Å². The summed E-state index contributed by atoms with van der Waals surface area (Å²) >= 11 is 0. The number of aromatic nitrogens is 5. The molecule has 0 saturated carbocycles. The zero-order valence-electron chi connectivity index (χ0n) is 19.9. The molecule has 0 bridgehead atoms. The standard InChI is InChI=1S/C28H27N7O/c29-26-18-20(7-15-31-26)19-34-16-10-24(11-17-34)36-23-5-3-22(4-6-23)35-27(21-8-13-30-14-9-21)33-25-2-1-12-32-28(25)35/h1-9,12-15,18,24H,10-11,16-17,19H2,(H2,29,31). The number of piperidine rings is 1. The van der Waals surface area contributed by atoms with Crippen molar-refractivity contribution in [1.29, 1.82) is 0 Å². The van der Waals surface area contributed by atoms with Crippen LogP contribution in [0, 0.1) is 0 Å². The highest BCUT2D eigenvalue weighted by Crippen LogP contribution is 2.29. The number of fused-ring (bicyclic) bond motifs is 1. The highest BCUT2D eigenvalue weighted by Gasteiger charge is 2.21. The number of imidazole rings is 1. The average Bonchev–Trinajstić information content (AvgIpc) is 3.31. The van der Waals surface area contributed by atoms with Gasteiger partial charge in [0.2, 0.25) is 0 Å². The Morgan fingerprint density at radius 1 is 0.889 bits per heavy atom. The zero-order chi connectivity index (χ0) is 24.3. The van der Waals surface area contributed by atoms with Gasteiger partial charge in [-0.25, -0.2) is 15.0 Å². The molecule has 1 aromatic carbocycles. The smallest absolute Gasteiger partial charge is 0.164 e. The Morgan fingerprint density at radius 3 is 2.47 bits per heavy atom. The maximum absolute atomic E-state index is 6.34. The third-order valence-electron chi connectivity index (χ3n) is 6.54. The van der Waals surface area contributed by atoms with Crippen LogP contribution in [0.5, 0.6) is 5.75 Å². The molecule has 0 atom stereocenters. The summed E-state index contributed by atoms with van der Waals surface area (Å²) in [5.74, 6) is 2.28. The molecule has 36 heavy (non-hydrogen) atoms. The number of nitrogens with zero attached hydrogens (tertiary/aromatic N) is 6. The van der Waals surface area contributed by atoms with Gasteiger partial charge in [-0.3, -0.25) is 14.5 Å². The predicted molar refractivity (Wildman–Crippen MR) is 140 cm³/mol. The van der Waals surface area contributed by atoms with Gasteiger partial charge in [0.25, 0.3) is 0 Å². The Bertz CT molecular complexity index is 1460. The predicted octanol–water partition coefficient (Wildman–Crippen LogP) is 4.50. The highest BCUT2D eigenvalue weighted by atomic mass is 16.5. The van der Waals surface area contributed by atoms with Crippen LogP contribution in [0.3, 0.4) is 0 Å². The van der Waals surface area contributed by atoms with Crippen LogP contribution in [0.2, 0.25) is 0 Å². The fourth-order valence-electron chi connectivity index (χ4n) is 4.75. The summed E-state index contributed by atoms with van der Waals surface area (Å²) in [5, 5.41) is 0. The second-order valence-electron chi connectivity index (χ2n) is 9.03. The number of ether oxygens (including phenoxy) is 1. The molecular formula is C28H27N7O. The van der Waals surface area contributed by atoms with Crippen LogP contribution in [0.1, 0.15) is 18.4 Å². The summed E-state index contributed by atoms with van der Waals surface area (Å²) in [7, 11) is 0.